The molecule has 1 saturated heterocycles. The van der Waals surface area contributed by atoms with Crippen LogP contribution in [0.3, 0.4) is 0 Å². The number of H-pyrrole nitrogens is 1. The molecule has 4 aromatic rings. The highest BCUT2D eigenvalue weighted by molar-refractivity contribution is 6.33. The van der Waals surface area contributed by atoms with Gasteiger partial charge in [0.2, 0.25) is 11.7 Å². The van der Waals surface area contributed by atoms with E-state index in [0.717, 1.165) is 16.6 Å². The number of aromatic amines is 1. The maximum Gasteiger partial charge on any atom is 0.416 e. The summed E-state index contributed by atoms with van der Waals surface area (Å²) in [6.07, 6.45) is -2.02. The minimum Gasteiger partial charge on any atom is -0.504 e. The maximum atomic E-state index is 14.3. The van der Waals surface area contributed by atoms with E-state index in [4.69, 9.17) is 16.3 Å². The predicted octanol–water partition coefficient (Wildman–Crippen LogP) is 3.37. The summed E-state index contributed by atoms with van der Waals surface area (Å²) in [7, 11) is 3.31. The first-order valence-electron chi connectivity index (χ1n) is 16.6. The number of hydrogen-bond donors (Lipinski definition) is 3. The molecule has 53 heavy (non-hydrogen) atoms. The lowest BCUT2D eigenvalue weighted by atomic mass is 9.85. The number of carbonyl (C=O) groups is 3. The number of rotatable bonds is 5. The minimum absolute atomic E-state index is 0.0310. The molecule has 0 atom stereocenters. The van der Waals surface area contributed by atoms with Crippen molar-refractivity contribution in [3.05, 3.63) is 73.7 Å². The molecule has 1 spiro atoms. The van der Waals surface area contributed by atoms with E-state index in [1.165, 1.54) is 14.4 Å². The van der Waals surface area contributed by atoms with E-state index >= 15 is 0 Å². The summed E-state index contributed by atoms with van der Waals surface area (Å²) in [5.41, 5.74) is -1.17. The van der Waals surface area contributed by atoms with Gasteiger partial charge in [0, 0.05) is 40.3 Å². The van der Waals surface area contributed by atoms with Gasteiger partial charge in [0.1, 0.15) is 17.8 Å². The number of amides is 4. The van der Waals surface area contributed by atoms with Gasteiger partial charge >= 0.3 is 12.2 Å². The van der Waals surface area contributed by atoms with Crippen molar-refractivity contribution in [2.75, 3.05) is 45.6 Å². The van der Waals surface area contributed by atoms with E-state index < -0.39 is 41.3 Å². The number of carbonyl (C=O) groups excluding carboxylic acids is 3. The summed E-state index contributed by atoms with van der Waals surface area (Å²) in [6.45, 7) is 2.04. The van der Waals surface area contributed by atoms with Gasteiger partial charge in [-0.05, 0) is 50.0 Å². The molecule has 0 bridgehead atoms. The van der Waals surface area contributed by atoms with Gasteiger partial charge in [-0.25, -0.2) is 4.79 Å². The number of piperidine rings is 1. The second-order valence-electron chi connectivity index (χ2n) is 13.3. The summed E-state index contributed by atoms with van der Waals surface area (Å²) < 4.78 is 48.6. The first-order chi connectivity index (χ1) is 25.1. The molecule has 16 nitrogen and oxygen atoms in total. The van der Waals surface area contributed by atoms with Crippen LogP contribution in [-0.2, 0) is 34.5 Å². The standard InChI is InChI=1S/C33H34ClF3N10O6/c1-17-26(49)25(41-40-17)29(51)44-12-8-32(9-13-44)24-22(16-53-32)46(15-23(48)38-21-5-4-19(14-20(21)34)33(35,36)37)30-39-27(42-47(30)28(24)50)18-6-10-45(11-7-18)31(52)43(2)3/h4-6,14,49H,7-13,15-16H2,1-3H3,(H,38,48)(H,40,41). The number of nitrogens with zero attached hydrogens (tertiary/aromatic N) is 8. The van der Waals surface area contributed by atoms with E-state index in [2.05, 4.69) is 25.6 Å². The summed E-state index contributed by atoms with van der Waals surface area (Å²) in [5.74, 6) is -1.12. The van der Waals surface area contributed by atoms with Crippen LogP contribution in [0.25, 0.3) is 11.4 Å². The van der Waals surface area contributed by atoms with Crippen molar-refractivity contribution in [3.8, 4) is 5.75 Å². The molecule has 7 rings (SSSR count). The Morgan fingerprint density at radius 1 is 1.15 bits per heavy atom. The number of hydrogen-bond acceptors (Lipinski definition) is 9. The molecule has 0 aliphatic carbocycles. The topological polar surface area (TPSA) is 183 Å². The van der Waals surface area contributed by atoms with E-state index in [9.17, 15) is 37.5 Å². The zero-order chi connectivity index (χ0) is 38.0. The number of nitrogens with one attached hydrogen (secondary N) is 2. The molecule has 6 heterocycles. The monoisotopic (exact) mass is 758 g/mol. The number of anilines is 1. The Kier molecular flexibility index (Phi) is 8.96. The number of alkyl halides is 3. The SMILES string of the molecule is Cc1n[nH]c(C(=O)N2CCC3(CC2)OCc2c3c(=O)n3nc(C4=CCN(C(=O)N(C)C)CC4)nc3n2CC(=O)Nc2ccc(C(F)(F)F)cc2Cl)c1O. The summed E-state index contributed by atoms with van der Waals surface area (Å²) in [5, 5.41) is 23.5. The molecule has 4 amide bonds. The molecule has 20 heteroatoms. The van der Waals surface area contributed by atoms with Crippen molar-refractivity contribution in [3.63, 3.8) is 0 Å². The number of fused-ring (bicyclic) bond motifs is 3. The maximum absolute atomic E-state index is 14.3. The van der Waals surface area contributed by atoms with Gasteiger partial charge in [0.05, 0.1) is 34.1 Å². The van der Waals surface area contributed by atoms with E-state index in [1.54, 1.807) is 32.0 Å². The molecule has 280 valence electrons. The Morgan fingerprint density at radius 3 is 2.49 bits per heavy atom. The van der Waals surface area contributed by atoms with Crippen LogP contribution >= 0.6 is 11.6 Å². The van der Waals surface area contributed by atoms with Crippen LogP contribution < -0.4 is 10.9 Å². The largest absolute Gasteiger partial charge is 0.504 e. The van der Waals surface area contributed by atoms with Gasteiger partial charge in [-0.1, -0.05) is 17.7 Å². The molecule has 3 aliphatic heterocycles. The lowest BCUT2D eigenvalue weighted by Crippen LogP contribution is -2.47. The average molecular weight is 759 g/mol. The first-order valence-corrected chi connectivity index (χ1v) is 17.0. The third-order valence-corrected chi connectivity index (χ3v) is 10.1. The molecule has 0 unspecified atom stereocenters. The van der Waals surface area contributed by atoms with Crippen molar-refractivity contribution in [1.29, 1.82) is 0 Å². The Balaban J connectivity index is 1.24. The second kappa shape index (κ2) is 13.2. The number of benzene rings is 1. The average Bonchev–Trinajstić information content (AvgIpc) is 3.83. The predicted molar refractivity (Wildman–Crippen MR) is 182 cm³/mol. The van der Waals surface area contributed by atoms with Crippen LogP contribution in [0.1, 0.15) is 58.1 Å². The van der Waals surface area contributed by atoms with Crippen molar-refractivity contribution >= 4 is 46.5 Å². The number of aryl methyl sites for hydroxylation is 1. The van der Waals surface area contributed by atoms with Gasteiger partial charge < -0.3 is 34.4 Å². The molecule has 3 N–H and O–H groups in total. The number of ether oxygens (including phenoxy) is 1. The van der Waals surface area contributed by atoms with E-state index in [0.29, 0.717) is 36.8 Å². The summed E-state index contributed by atoms with van der Waals surface area (Å²) in [4.78, 5) is 62.9. The van der Waals surface area contributed by atoms with Crippen LogP contribution in [-0.4, -0.2) is 107 Å². The Labute approximate surface area is 303 Å². The van der Waals surface area contributed by atoms with Crippen molar-refractivity contribution in [1.82, 2.24) is 44.1 Å². The smallest absolute Gasteiger partial charge is 0.416 e. The first kappa shape index (κ1) is 36.0. The summed E-state index contributed by atoms with van der Waals surface area (Å²) >= 11 is 6.12. The minimum atomic E-state index is -4.63. The Bertz CT molecular complexity index is 2250. The number of urea groups is 1. The van der Waals surface area contributed by atoms with Crippen molar-refractivity contribution in [2.24, 2.45) is 0 Å². The second-order valence-corrected chi connectivity index (χ2v) is 13.7. The van der Waals surface area contributed by atoms with Crippen molar-refractivity contribution in [2.45, 2.75) is 51.1 Å². The van der Waals surface area contributed by atoms with Crippen LogP contribution in [0.5, 0.6) is 5.75 Å². The summed E-state index contributed by atoms with van der Waals surface area (Å²) in [6, 6.07) is 2.41. The molecule has 1 fully saturated rings. The highest BCUT2D eigenvalue weighted by atomic mass is 35.5. The fraction of sp³-hybridized carbons (Fsp3) is 0.424. The van der Waals surface area contributed by atoms with Crippen LogP contribution in [0.2, 0.25) is 5.02 Å². The Morgan fingerprint density at radius 2 is 1.89 bits per heavy atom. The lowest BCUT2D eigenvalue weighted by molar-refractivity contribution is -0.137. The molecular weight excluding hydrogens is 725 g/mol. The number of aromatic hydroxyl groups is 1. The van der Waals surface area contributed by atoms with Gasteiger partial charge in [0.25, 0.3) is 11.5 Å². The highest BCUT2D eigenvalue weighted by Gasteiger charge is 2.48. The molecular formula is C33H34ClF3N10O6. The van der Waals surface area contributed by atoms with E-state index in [1.807, 2.05) is 0 Å². The van der Waals surface area contributed by atoms with Gasteiger partial charge in [-0.2, -0.15) is 27.8 Å². The third kappa shape index (κ3) is 6.36. The number of halogens is 4. The van der Waals surface area contributed by atoms with Gasteiger partial charge in [0.15, 0.2) is 17.3 Å². The molecule has 3 aliphatic rings. The zero-order valence-corrected chi connectivity index (χ0v) is 29.5. The Hall–Kier alpha value is -5.43. The molecule has 0 saturated carbocycles. The van der Waals surface area contributed by atoms with E-state index in [-0.39, 0.29) is 83.6 Å². The highest BCUT2D eigenvalue weighted by Crippen LogP contribution is 2.43. The molecule has 1 aromatic carbocycles. The van der Waals surface area contributed by atoms with Gasteiger partial charge in [-0.3, -0.25) is 19.5 Å². The number of aromatic nitrogens is 6. The fourth-order valence-electron chi connectivity index (χ4n) is 6.94. The zero-order valence-electron chi connectivity index (χ0n) is 28.8. The molecule has 3 aromatic heterocycles. The molecule has 0 radical (unpaired) electrons. The van der Waals surface area contributed by atoms with Gasteiger partial charge in [-0.15, -0.1) is 5.10 Å². The van der Waals surface area contributed by atoms with Crippen LogP contribution in [0.15, 0.2) is 29.1 Å². The third-order valence-electron chi connectivity index (χ3n) is 9.80. The normalized spacial score (nSPS) is 16.9. The quantitative estimate of drug-likeness (QED) is 0.275. The fourth-order valence-corrected chi connectivity index (χ4v) is 7.17. The lowest BCUT2D eigenvalue weighted by Gasteiger charge is -2.38. The van der Waals surface area contributed by atoms with Crippen molar-refractivity contribution < 1.29 is 37.4 Å². The van der Waals surface area contributed by atoms with Crippen LogP contribution in [0.4, 0.5) is 23.7 Å². The number of likely N-dealkylation sites (tertiary alicyclic amines) is 1. The van der Waals surface area contributed by atoms with Crippen LogP contribution in [0, 0.1) is 6.92 Å².